The number of hydrogen-bond acceptors (Lipinski definition) is 1. The van der Waals surface area contributed by atoms with Crippen LogP contribution in [-0.4, -0.2) is 4.98 Å². The third-order valence-electron chi connectivity index (χ3n) is 3.68. The maximum atomic E-state index is 4.26. The number of aromatic nitrogens is 1. The van der Waals surface area contributed by atoms with Crippen LogP contribution in [0.5, 0.6) is 0 Å². The molecule has 0 amide bonds. The van der Waals surface area contributed by atoms with Gasteiger partial charge in [0.1, 0.15) is 0 Å². The number of hydrogen-bond donors (Lipinski definition) is 0. The molecule has 0 radical (unpaired) electrons. The summed E-state index contributed by atoms with van der Waals surface area (Å²) in [6.45, 7) is 15.7. The smallest absolute Gasteiger partial charge is 0.0408 e. The van der Waals surface area contributed by atoms with E-state index in [1.54, 1.807) is 0 Å². The summed E-state index contributed by atoms with van der Waals surface area (Å²) in [5.74, 6) is 0. The number of rotatable bonds is 3. The normalized spacial score (nSPS) is 10.7. The van der Waals surface area contributed by atoms with Crippen LogP contribution in [0.2, 0.25) is 0 Å². The summed E-state index contributed by atoms with van der Waals surface area (Å²) in [6.07, 6.45) is 5.36. The van der Waals surface area contributed by atoms with Gasteiger partial charge in [-0.25, -0.2) is 0 Å². The highest BCUT2D eigenvalue weighted by molar-refractivity contribution is 5.22. The van der Waals surface area contributed by atoms with Gasteiger partial charge in [-0.1, -0.05) is 92.3 Å². The standard InChI is InChI=1S/C13H20.C10H15N.2CH4/c1-11-6-5-7-12(10-11)8-9-13(2,3)4;1-10(2,3)8-9-6-4-5-7-11-9;;/h5-7,10H,8-9H2,1-4H3;4-7H,8H2,1-3H3;2*1H4. The van der Waals surface area contributed by atoms with Crippen molar-refractivity contribution in [3.05, 3.63) is 65.5 Å². The fourth-order valence-electron chi connectivity index (χ4n) is 2.43. The molecule has 0 aliphatic heterocycles. The Morgan fingerprint density at radius 3 is 1.92 bits per heavy atom. The van der Waals surface area contributed by atoms with Gasteiger partial charge in [-0.2, -0.15) is 0 Å². The van der Waals surface area contributed by atoms with Crippen LogP contribution in [0, 0.1) is 17.8 Å². The molecule has 1 nitrogen and oxygen atoms in total. The molecule has 1 aromatic carbocycles. The van der Waals surface area contributed by atoms with E-state index in [9.17, 15) is 0 Å². The lowest BCUT2D eigenvalue weighted by Crippen LogP contribution is -2.09. The zero-order valence-corrected chi connectivity index (χ0v) is 16.7. The van der Waals surface area contributed by atoms with Crippen molar-refractivity contribution in [3.63, 3.8) is 0 Å². The van der Waals surface area contributed by atoms with E-state index in [0.717, 1.165) is 6.42 Å². The summed E-state index contributed by atoms with van der Waals surface area (Å²) in [4.78, 5) is 4.26. The van der Waals surface area contributed by atoms with Crippen LogP contribution in [0.3, 0.4) is 0 Å². The molecule has 1 heteroatoms. The highest BCUT2D eigenvalue weighted by atomic mass is 14.7. The summed E-state index contributed by atoms with van der Waals surface area (Å²) in [7, 11) is 0. The summed E-state index contributed by atoms with van der Waals surface area (Å²) < 4.78 is 0. The van der Waals surface area contributed by atoms with Crippen molar-refractivity contribution in [2.45, 2.75) is 82.6 Å². The first-order valence-electron chi connectivity index (χ1n) is 9.01. The lowest BCUT2D eigenvalue weighted by Gasteiger charge is -2.17. The molecule has 0 saturated heterocycles. The molecule has 2 rings (SSSR count). The maximum Gasteiger partial charge on any atom is 0.0408 e. The second-order valence-electron chi connectivity index (χ2n) is 9.11. The zero-order chi connectivity index (χ0) is 18.2. The van der Waals surface area contributed by atoms with Gasteiger partial charge in [0.25, 0.3) is 0 Å². The highest BCUT2D eigenvalue weighted by Crippen LogP contribution is 2.21. The van der Waals surface area contributed by atoms with E-state index in [0.29, 0.717) is 10.8 Å². The maximum absolute atomic E-state index is 4.26. The topological polar surface area (TPSA) is 12.9 Å². The molecule has 1 aromatic heterocycles. The number of pyridine rings is 1. The second-order valence-corrected chi connectivity index (χ2v) is 9.11. The first-order chi connectivity index (χ1) is 11.1. The minimum Gasteiger partial charge on any atom is -0.261 e. The van der Waals surface area contributed by atoms with Crippen LogP contribution in [0.25, 0.3) is 0 Å². The first-order valence-corrected chi connectivity index (χ1v) is 9.01. The molecule has 0 aliphatic rings. The number of nitrogens with zero attached hydrogens (tertiary/aromatic N) is 1. The predicted octanol–water partition coefficient (Wildman–Crippen LogP) is 7.92. The molecule has 26 heavy (non-hydrogen) atoms. The first kappa shape index (κ1) is 26.6. The van der Waals surface area contributed by atoms with E-state index in [2.05, 4.69) is 83.8 Å². The Morgan fingerprint density at radius 2 is 1.46 bits per heavy atom. The Kier molecular flexibility index (Phi) is 12.2. The predicted molar refractivity (Wildman–Crippen MR) is 120 cm³/mol. The largest absolute Gasteiger partial charge is 0.261 e. The molecule has 0 aliphatic carbocycles. The number of aryl methyl sites for hydroxylation is 2. The Balaban J connectivity index is 0. The molecular weight excluding hydrogens is 314 g/mol. The molecule has 0 N–H and O–H groups in total. The van der Waals surface area contributed by atoms with Gasteiger partial charge in [0, 0.05) is 11.9 Å². The van der Waals surface area contributed by atoms with Crippen molar-refractivity contribution in [2.75, 3.05) is 0 Å². The van der Waals surface area contributed by atoms with Gasteiger partial charge in [-0.3, -0.25) is 4.98 Å². The molecule has 2 aromatic rings. The molecule has 1 heterocycles. The quantitative estimate of drug-likeness (QED) is 0.543. The molecular formula is C25H43N. The molecule has 148 valence electrons. The number of benzene rings is 1. The van der Waals surface area contributed by atoms with Crippen molar-refractivity contribution < 1.29 is 0 Å². The van der Waals surface area contributed by atoms with Gasteiger partial charge in [0.05, 0.1) is 0 Å². The third kappa shape index (κ3) is 13.6. The summed E-state index contributed by atoms with van der Waals surface area (Å²) in [6, 6.07) is 14.9. The average molecular weight is 358 g/mol. The van der Waals surface area contributed by atoms with Crippen LogP contribution in [0.15, 0.2) is 48.7 Å². The van der Waals surface area contributed by atoms with E-state index < -0.39 is 0 Å². The lowest BCUT2D eigenvalue weighted by molar-refractivity contribution is 0.378. The summed E-state index contributed by atoms with van der Waals surface area (Å²) in [5, 5.41) is 0. The molecule has 0 atom stereocenters. The Labute approximate surface area is 164 Å². The average Bonchev–Trinajstić information content (AvgIpc) is 2.45. The molecule has 0 saturated carbocycles. The van der Waals surface area contributed by atoms with E-state index in [1.165, 1.54) is 29.7 Å². The second kappa shape index (κ2) is 11.9. The van der Waals surface area contributed by atoms with Gasteiger partial charge < -0.3 is 0 Å². The highest BCUT2D eigenvalue weighted by Gasteiger charge is 2.11. The van der Waals surface area contributed by atoms with Gasteiger partial charge in [-0.15, -0.1) is 0 Å². The fourth-order valence-corrected chi connectivity index (χ4v) is 2.43. The van der Waals surface area contributed by atoms with Crippen molar-refractivity contribution in [3.8, 4) is 0 Å². The Hall–Kier alpha value is -1.63. The minimum atomic E-state index is 0. The van der Waals surface area contributed by atoms with Crippen LogP contribution < -0.4 is 0 Å². The van der Waals surface area contributed by atoms with E-state index >= 15 is 0 Å². The minimum absolute atomic E-state index is 0. The molecule has 0 bridgehead atoms. The van der Waals surface area contributed by atoms with Crippen molar-refractivity contribution >= 4 is 0 Å². The molecule has 0 fully saturated rings. The third-order valence-corrected chi connectivity index (χ3v) is 3.68. The van der Waals surface area contributed by atoms with E-state index in [-0.39, 0.29) is 14.9 Å². The van der Waals surface area contributed by atoms with E-state index in [4.69, 9.17) is 0 Å². The van der Waals surface area contributed by atoms with Gasteiger partial charge in [0.15, 0.2) is 0 Å². The zero-order valence-electron chi connectivity index (χ0n) is 16.7. The van der Waals surface area contributed by atoms with Crippen LogP contribution in [-0.2, 0) is 12.8 Å². The van der Waals surface area contributed by atoms with Gasteiger partial charge in [-0.05, 0) is 54.7 Å². The van der Waals surface area contributed by atoms with Crippen LogP contribution in [0.4, 0.5) is 0 Å². The van der Waals surface area contributed by atoms with Crippen LogP contribution in [0.1, 0.15) is 79.6 Å². The Morgan fingerprint density at radius 1 is 0.808 bits per heavy atom. The van der Waals surface area contributed by atoms with E-state index in [1.807, 2.05) is 18.3 Å². The van der Waals surface area contributed by atoms with Crippen molar-refractivity contribution in [1.29, 1.82) is 0 Å². The Bertz CT molecular complexity index is 586. The monoisotopic (exact) mass is 357 g/mol. The summed E-state index contributed by atoms with van der Waals surface area (Å²) >= 11 is 0. The van der Waals surface area contributed by atoms with Crippen LogP contribution >= 0.6 is 0 Å². The molecule has 0 spiro atoms. The lowest BCUT2D eigenvalue weighted by atomic mass is 9.88. The molecule has 0 unspecified atom stereocenters. The SMILES string of the molecule is C.C.CC(C)(C)Cc1ccccn1.Cc1cccc(CCC(C)(C)C)c1. The van der Waals surface area contributed by atoms with Gasteiger partial charge >= 0.3 is 0 Å². The van der Waals surface area contributed by atoms with Gasteiger partial charge in [0.2, 0.25) is 0 Å². The van der Waals surface area contributed by atoms with Crippen molar-refractivity contribution in [2.24, 2.45) is 10.8 Å². The summed E-state index contributed by atoms with van der Waals surface area (Å²) in [5.41, 5.74) is 4.80. The van der Waals surface area contributed by atoms with Crippen molar-refractivity contribution in [1.82, 2.24) is 4.98 Å². The fraction of sp³-hybridized carbons (Fsp3) is 0.560.